The number of rotatable bonds is 2. The number of halogens is 3. The molecule has 1 aromatic carbocycles. The third-order valence-corrected chi connectivity index (χ3v) is 3.93. The van der Waals surface area contributed by atoms with E-state index in [1.807, 2.05) is 0 Å². The SMILES string of the molecule is Cl.NC1(c2noc(-c3ccc(Br)c(F)c3)n2)CCC1. The molecule has 0 saturated heterocycles. The van der Waals surface area contributed by atoms with Gasteiger partial charge in [-0.3, -0.25) is 0 Å². The molecule has 102 valence electrons. The van der Waals surface area contributed by atoms with E-state index in [2.05, 4.69) is 26.1 Å². The topological polar surface area (TPSA) is 64.9 Å². The lowest BCUT2D eigenvalue weighted by atomic mass is 9.77. The Balaban J connectivity index is 0.00000133. The number of benzene rings is 1. The molecule has 4 nitrogen and oxygen atoms in total. The Morgan fingerprint density at radius 3 is 2.68 bits per heavy atom. The zero-order valence-corrected chi connectivity index (χ0v) is 12.3. The molecule has 1 aromatic heterocycles. The predicted octanol–water partition coefficient (Wildman–Crippen LogP) is 3.40. The molecule has 2 aromatic rings. The van der Waals surface area contributed by atoms with E-state index >= 15 is 0 Å². The summed E-state index contributed by atoms with van der Waals surface area (Å²) in [6.45, 7) is 0. The second-order valence-electron chi connectivity index (χ2n) is 4.56. The Labute approximate surface area is 124 Å². The summed E-state index contributed by atoms with van der Waals surface area (Å²) in [6.07, 6.45) is 2.80. The van der Waals surface area contributed by atoms with Crippen LogP contribution in [-0.2, 0) is 5.54 Å². The smallest absolute Gasteiger partial charge is 0.258 e. The van der Waals surface area contributed by atoms with Crippen molar-refractivity contribution in [3.05, 3.63) is 34.3 Å². The van der Waals surface area contributed by atoms with Crippen molar-refractivity contribution in [2.24, 2.45) is 5.73 Å². The second-order valence-corrected chi connectivity index (χ2v) is 5.42. The van der Waals surface area contributed by atoms with Crippen molar-refractivity contribution < 1.29 is 8.91 Å². The molecular weight excluding hydrogens is 337 g/mol. The van der Waals surface area contributed by atoms with Gasteiger partial charge in [0, 0.05) is 5.56 Å². The van der Waals surface area contributed by atoms with E-state index < -0.39 is 5.54 Å². The highest BCUT2D eigenvalue weighted by Crippen LogP contribution is 2.37. The van der Waals surface area contributed by atoms with E-state index in [0.717, 1.165) is 19.3 Å². The van der Waals surface area contributed by atoms with E-state index in [4.69, 9.17) is 10.3 Å². The van der Waals surface area contributed by atoms with Crippen LogP contribution in [0, 0.1) is 5.82 Å². The van der Waals surface area contributed by atoms with Crippen LogP contribution in [0.2, 0.25) is 0 Å². The van der Waals surface area contributed by atoms with Crippen molar-refractivity contribution in [1.82, 2.24) is 10.1 Å². The fourth-order valence-electron chi connectivity index (χ4n) is 1.95. The molecule has 0 radical (unpaired) electrons. The van der Waals surface area contributed by atoms with Gasteiger partial charge in [-0.2, -0.15) is 4.98 Å². The molecule has 0 bridgehead atoms. The van der Waals surface area contributed by atoms with Gasteiger partial charge in [0.05, 0.1) is 10.0 Å². The summed E-state index contributed by atoms with van der Waals surface area (Å²) in [6, 6.07) is 4.68. The monoisotopic (exact) mass is 347 g/mol. The van der Waals surface area contributed by atoms with Gasteiger partial charge in [-0.15, -0.1) is 12.4 Å². The Morgan fingerprint density at radius 2 is 2.11 bits per heavy atom. The summed E-state index contributed by atoms with van der Waals surface area (Å²) in [5, 5.41) is 3.89. The molecule has 19 heavy (non-hydrogen) atoms. The summed E-state index contributed by atoms with van der Waals surface area (Å²) >= 11 is 3.10. The van der Waals surface area contributed by atoms with Crippen LogP contribution in [-0.4, -0.2) is 10.1 Å². The van der Waals surface area contributed by atoms with Crippen molar-refractivity contribution in [2.75, 3.05) is 0 Å². The van der Waals surface area contributed by atoms with Gasteiger partial charge in [0.1, 0.15) is 5.82 Å². The van der Waals surface area contributed by atoms with Crippen LogP contribution in [0.4, 0.5) is 4.39 Å². The maximum Gasteiger partial charge on any atom is 0.258 e. The van der Waals surface area contributed by atoms with Crippen LogP contribution in [0.5, 0.6) is 0 Å². The van der Waals surface area contributed by atoms with Gasteiger partial charge in [0.2, 0.25) is 0 Å². The van der Waals surface area contributed by atoms with E-state index in [-0.39, 0.29) is 18.2 Å². The highest BCUT2D eigenvalue weighted by molar-refractivity contribution is 9.10. The van der Waals surface area contributed by atoms with Gasteiger partial charge in [-0.05, 0) is 53.4 Å². The predicted molar refractivity (Wildman–Crippen MR) is 74.4 cm³/mol. The van der Waals surface area contributed by atoms with E-state index in [9.17, 15) is 4.39 Å². The molecule has 0 atom stereocenters. The van der Waals surface area contributed by atoms with Crippen LogP contribution in [0.15, 0.2) is 27.2 Å². The van der Waals surface area contributed by atoms with Gasteiger partial charge in [-0.25, -0.2) is 4.39 Å². The first-order valence-electron chi connectivity index (χ1n) is 5.67. The van der Waals surface area contributed by atoms with Crippen LogP contribution in [0.25, 0.3) is 11.5 Å². The van der Waals surface area contributed by atoms with Crippen LogP contribution in [0.3, 0.4) is 0 Å². The highest BCUT2D eigenvalue weighted by atomic mass is 79.9. The van der Waals surface area contributed by atoms with Gasteiger partial charge < -0.3 is 10.3 Å². The first kappa shape index (κ1) is 14.4. The maximum atomic E-state index is 13.4. The average molecular weight is 349 g/mol. The molecule has 1 heterocycles. The quantitative estimate of drug-likeness (QED) is 0.903. The maximum absolute atomic E-state index is 13.4. The minimum Gasteiger partial charge on any atom is -0.334 e. The largest absolute Gasteiger partial charge is 0.334 e. The molecule has 0 spiro atoms. The van der Waals surface area contributed by atoms with Gasteiger partial charge in [-0.1, -0.05) is 5.16 Å². The highest BCUT2D eigenvalue weighted by Gasteiger charge is 2.39. The number of aromatic nitrogens is 2. The molecule has 7 heteroatoms. The minimum atomic E-state index is -0.463. The number of hydrogen-bond donors (Lipinski definition) is 1. The summed E-state index contributed by atoms with van der Waals surface area (Å²) < 4.78 is 19.0. The Bertz CT molecular complexity index is 600. The molecule has 0 unspecified atom stereocenters. The third kappa shape index (κ3) is 2.52. The standard InChI is InChI=1S/C12H11BrFN3O.ClH/c13-8-3-2-7(6-9(8)14)10-16-11(17-18-10)12(15)4-1-5-12;/h2-3,6H,1,4-5,15H2;1H. The van der Waals surface area contributed by atoms with Gasteiger partial charge in [0.15, 0.2) is 5.82 Å². The molecule has 2 N–H and O–H groups in total. The van der Waals surface area contributed by atoms with Crippen molar-refractivity contribution in [2.45, 2.75) is 24.8 Å². The number of nitrogens with two attached hydrogens (primary N) is 1. The van der Waals surface area contributed by atoms with E-state index in [1.165, 1.54) is 6.07 Å². The normalized spacial score (nSPS) is 16.6. The molecule has 1 aliphatic rings. The summed E-state index contributed by atoms with van der Waals surface area (Å²) in [5.41, 5.74) is 6.19. The van der Waals surface area contributed by atoms with Crippen LogP contribution in [0.1, 0.15) is 25.1 Å². The van der Waals surface area contributed by atoms with E-state index in [0.29, 0.717) is 21.8 Å². The van der Waals surface area contributed by atoms with Crippen molar-refractivity contribution in [3.63, 3.8) is 0 Å². The first-order valence-corrected chi connectivity index (χ1v) is 6.46. The molecule has 1 saturated carbocycles. The average Bonchev–Trinajstić information content (AvgIpc) is 2.79. The lowest BCUT2D eigenvalue weighted by Crippen LogP contribution is -2.44. The van der Waals surface area contributed by atoms with Gasteiger partial charge >= 0.3 is 0 Å². The number of hydrogen-bond acceptors (Lipinski definition) is 4. The molecular formula is C12H12BrClFN3O. The zero-order valence-electron chi connectivity index (χ0n) is 9.90. The summed E-state index contributed by atoms with van der Waals surface area (Å²) in [5.74, 6) is 0.443. The molecule has 0 aliphatic heterocycles. The fraction of sp³-hybridized carbons (Fsp3) is 0.333. The van der Waals surface area contributed by atoms with Crippen molar-refractivity contribution in [3.8, 4) is 11.5 Å². The van der Waals surface area contributed by atoms with Crippen LogP contribution >= 0.6 is 28.3 Å². The summed E-state index contributed by atoms with van der Waals surface area (Å²) in [7, 11) is 0. The lowest BCUT2D eigenvalue weighted by molar-refractivity contribution is 0.229. The Hall–Kier alpha value is -0.980. The molecule has 1 fully saturated rings. The van der Waals surface area contributed by atoms with Crippen molar-refractivity contribution in [1.29, 1.82) is 0 Å². The first-order chi connectivity index (χ1) is 8.58. The minimum absolute atomic E-state index is 0. The Morgan fingerprint density at radius 1 is 1.37 bits per heavy atom. The van der Waals surface area contributed by atoms with E-state index in [1.54, 1.807) is 12.1 Å². The molecule has 1 aliphatic carbocycles. The molecule has 3 rings (SSSR count). The number of nitrogens with zero attached hydrogens (tertiary/aromatic N) is 2. The fourth-order valence-corrected chi connectivity index (χ4v) is 2.20. The zero-order chi connectivity index (χ0) is 12.8. The lowest BCUT2D eigenvalue weighted by Gasteiger charge is -2.34. The Kier molecular flexibility index (Phi) is 3.94. The third-order valence-electron chi connectivity index (χ3n) is 3.28. The second kappa shape index (κ2) is 5.19. The van der Waals surface area contributed by atoms with Crippen LogP contribution < -0.4 is 5.73 Å². The molecule has 0 amide bonds. The summed E-state index contributed by atoms with van der Waals surface area (Å²) in [4.78, 5) is 4.26. The van der Waals surface area contributed by atoms with Gasteiger partial charge in [0.25, 0.3) is 5.89 Å². The van der Waals surface area contributed by atoms with Crippen molar-refractivity contribution >= 4 is 28.3 Å².